The minimum Gasteiger partial charge on any atom is -0.493 e. The van der Waals surface area contributed by atoms with Crippen molar-refractivity contribution in [3.63, 3.8) is 0 Å². The van der Waals surface area contributed by atoms with E-state index in [4.69, 9.17) is 14.2 Å². The second kappa shape index (κ2) is 10.3. The van der Waals surface area contributed by atoms with Crippen LogP contribution in [0.3, 0.4) is 0 Å². The maximum Gasteiger partial charge on any atom is 0.227 e. The molecule has 1 amide bonds. The molecule has 0 aliphatic rings. The van der Waals surface area contributed by atoms with Crippen molar-refractivity contribution in [2.75, 3.05) is 26.2 Å². The van der Waals surface area contributed by atoms with E-state index in [-0.39, 0.29) is 5.91 Å². The molecule has 0 spiro atoms. The van der Waals surface area contributed by atoms with E-state index in [1.807, 2.05) is 72.8 Å². The number of rotatable bonds is 9. The number of aryl methyl sites for hydroxylation is 1. The fourth-order valence-electron chi connectivity index (χ4n) is 3.37. The number of anilines is 1. The molecule has 0 atom stereocenters. The molecule has 0 aromatic heterocycles. The molecule has 30 heavy (non-hydrogen) atoms. The number of ether oxygens (including phenoxy) is 3. The molecule has 3 rings (SSSR count). The number of para-hydroxylation sites is 1. The summed E-state index contributed by atoms with van der Waals surface area (Å²) in [5.41, 5.74) is 2.89. The zero-order valence-corrected chi connectivity index (χ0v) is 17.6. The van der Waals surface area contributed by atoms with Gasteiger partial charge in [0.2, 0.25) is 11.7 Å². The van der Waals surface area contributed by atoms with Crippen LogP contribution in [-0.4, -0.2) is 27.2 Å². The van der Waals surface area contributed by atoms with E-state index in [1.165, 1.54) is 0 Å². The van der Waals surface area contributed by atoms with Crippen molar-refractivity contribution in [1.82, 2.24) is 0 Å². The lowest BCUT2D eigenvalue weighted by Gasteiger charge is -2.24. The number of methoxy groups -OCH3 is 3. The number of hydrogen-bond acceptors (Lipinski definition) is 4. The molecule has 5 nitrogen and oxygen atoms in total. The molecule has 3 aromatic rings. The first-order valence-electron chi connectivity index (χ1n) is 9.84. The predicted octanol–water partition coefficient (Wildman–Crippen LogP) is 4.88. The molecule has 3 aromatic carbocycles. The van der Waals surface area contributed by atoms with Gasteiger partial charge in [0, 0.05) is 12.1 Å². The van der Waals surface area contributed by atoms with Crippen LogP contribution in [0, 0.1) is 0 Å². The van der Waals surface area contributed by atoms with Gasteiger partial charge >= 0.3 is 0 Å². The number of benzene rings is 3. The van der Waals surface area contributed by atoms with Crippen molar-refractivity contribution >= 4 is 11.6 Å². The molecule has 0 heterocycles. The van der Waals surface area contributed by atoms with Crippen LogP contribution < -0.4 is 19.1 Å². The lowest BCUT2D eigenvalue weighted by atomic mass is 10.1. The van der Waals surface area contributed by atoms with Gasteiger partial charge in [-0.1, -0.05) is 48.5 Å². The topological polar surface area (TPSA) is 48.0 Å². The molecule has 0 radical (unpaired) electrons. The van der Waals surface area contributed by atoms with E-state index in [9.17, 15) is 4.79 Å². The van der Waals surface area contributed by atoms with Gasteiger partial charge in [-0.25, -0.2) is 0 Å². The summed E-state index contributed by atoms with van der Waals surface area (Å²) in [6, 6.07) is 23.5. The number of carbonyl (C=O) groups excluding carboxylic acids is 1. The van der Waals surface area contributed by atoms with Crippen LogP contribution in [0.1, 0.15) is 17.5 Å². The minimum atomic E-state index is 0.0544. The van der Waals surface area contributed by atoms with Gasteiger partial charge in [0.05, 0.1) is 27.9 Å². The van der Waals surface area contributed by atoms with E-state index < -0.39 is 0 Å². The minimum absolute atomic E-state index is 0.0544. The average Bonchev–Trinajstić information content (AvgIpc) is 2.81. The smallest absolute Gasteiger partial charge is 0.227 e. The highest BCUT2D eigenvalue weighted by atomic mass is 16.5. The maximum atomic E-state index is 13.2. The van der Waals surface area contributed by atoms with Crippen molar-refractivity contribution in [2.24, 2.45) is 0 Å². The summed E-state index contributed by atoms with van der Waals surface area (Å²) in [6.07, 6.45) is 1.11. The fraction of sp³-hybridized carbons (Fsp3) is 0.240. The third kappa shape index (κ3) is 5.11. The highest BCUT2D eigenvalue weighted by molar-refractivity contribution is 5.93. The Balaban J connectivity index is 1.87. The van der Waals surface area contributed by atoms with E-state index in [0.29, 0.717) is 36.6 Å². The largest absolute Gasteiger partial charge is 0.493 e. The Morgan fingerprint density at radius 3 is 1.87 bits per heavy atom. The van der Waals surface area contributed by atoms with Gasteiger partial charge in [-0.05, 0) is 41.8 Å². The van der Waals surface area contributed by atoms with Crippen LogP contribution in [0.4, 0.5) is 5.69 Å². The molecule has 0 saturated heterocycles. The Bertz CT molecular complexity index is 932. The first-order valence-corrected chi connectivity index (χ1v) is 9.84. The number of nitrogens with zero attached hydrogens (tertiary/aromatic N) is 1. The van der Waals surface area contributed by atoms with Crippen molar-refractivity contribution in [2.45, 2.75) is 19.4 Å². The normalized spacial score (nSPS) is 10.4. The molecule has 0 fully saturated rings. The van der Waals surface area contributed by atoms with Gasteiger partial charge in [-0.3, -0.25) is 4.79 Å². The van der Waals surface area contributed by atoms with Crippen molar-refractivity contribution in [3.05, 3.63) is 83.9 Å². The van der Waals surface area contributed by atoms with Gasteiger partial charge in [0.15, 0.2) is 11.5 Å². The highest BCUT2D eigenvalue weighted by Crippen LogP contribution is 2.38. The van der Waals surface area contributed by atoms with E-state index in [1.54, 1.807) is 26.2 Å². The third-order valence-electron chi connectivity index (χ3n) is 4.90. The summed E-state index contributed by atoms with van der Waals surface area (Å²) in [5, 5.41) is 0. The summed E-state index contributed by atoms with van der Waals surface area (Å²) in [6.45, 7) is 0.397. The Hall–Kier alpha value is -3.47. The van der Waals surface area contributed by atoms with E-state index >= 15 is 0 Å². The van der Waals surface area contributed by atoms with Crippen LogP contribution >= 0.6 is 0 Å². The second-order valence-corrected chi connectivity index (χ2v) is 6.83. The van der Waals surface area contributed by atoms with E-state index in [0.717, 1.165) is 16.8 Å². The molecule has 0 aliphatic heterocycles. The van der Waals surface area contributed by atoms with Crippen LogP contribution in [0.15, 0.2) is 72.8 Å². The Labute approximate surface area is 177 Å². The molecule has 5 heteroatoms. The zero-order chi connectivity index (χ0) is 21.3. The van der Waals surface area contributed by atoms with Crippen LogP contribution in [0.25, 0.3) is 0 Å². The van der Waals surface area contributed by atoms with Gasteiger partial charge in [-0.2, -0.15) is 0 Å². The lowest BCUT2D eigenvalue weighted by Crippen LogP contribution is -2.30. The third-order valence-corrected chi connectivity index (χ3v) is 4.90. The second-order valence-electron chi connectivity index (χ2n) is 6.83. The first kappa shape index (κ1) is 21.2. The maximum absolute atomic E-state index is 13.2. The van der Waals surface area contributed by atoms with Crippen LogP contribution in [-0.2, 0) is 17.8 Å². The molecule has 0 N–H and O–H groups in total. The number of carbonyl (C=O) groups is 1. The average molecular weight is 405 g/mol. The summed E-state index contributed by atoms with van der Waals surface area (Å²) < 4.78 is 16.3. The van der Waals surface area contributed by atoms with Crippen molar-refractivity contribution in [3.8, 4) is 17.2 Å². The van der Waals surface area contributed by atoms with Gasteiger partial charge < -0.3 is 19.1 Å². The summed E-state index contributed by atoms with van der Waals surface area (Å²) in [7, 11) is 4.74. The molecular formula is C25H27NO4. The summed E-state index contributed by atoms with van der Waals surface area (Å²) in [4.78, 5) is 15.0. The summed E-state index contributed by atoms with van der Waals surface area (Å²) in [5.74, 6) is 1.72. The van der Waals surface area contributed by atoms with Crippen molar-refractivity contribution < 1.29 is 19.0 Å². The standard InChI is InChI=1S/C25H27NO4/c1-28-22-16-20(17-23(29-2)25(22)30-3)18-26(21-12-8-5-9-13-21)24(27)15-14-19-10-6-4-7-11-19/h4-13,16-17H,14-15,18H2,1-3H3. The SMILES string of the molecule is COc1cc(CN(C(=O)CCc2ccccc2)c2ccccc2)cc(OC)c1OC. The zero-order valence-electron chi connectivity index (χ0n) is 17.6. The van der Waals surface area contributed by atoms with Crippen LogP contribution in [0.2, 0.25) is 0 Å². The highest BCUT2D eigenvalue weighted by Gasteiger charge is 2.19. The molecule has 0 bridgehead atoms. The Morgan fingerprint density at radius 2 is 1.33 bits per heavy atom. The predicted molar refractivity (Wildman–Crippen MR) is 118 cm³/mol. The van der Waals surface area contributed by atoms with Gasteiger partial charge in [0.25, 0.3) is 0 Å². The first-order chi connectivity index (χ1) is 14.7. The van der Waals surface area contributed by atoms with Crippen LogP contribution in [0.5, 0.6) is 17.2 Å². The number of amides is 1. The molecule has 0 aliphatic carbocycles. The molecule has 0 saturated carbocycles. The van der Waals surface area contributed by atoms with Crippen molar-refractivity contribution in [1.29, 1.82) is 0 Å². The monoisotopic (exact) mass is 405 g/mol. The Kier molecular flexibility index (Phi) is 7.33. The molecular weight excluding hydrogens is 378 g/mol. The quantitative estimate of drug-likeness (QED) is 0.509. The molecule has 156 valence electrons. The van der Waals surface area contributed by atoms with Gasteiger partial charge in [-0.15, -0.1) is 0 Å². The number of hydrogen-bond donors (Lipinski definition) is 0. The fourth-order valence-corrected chi connectivity index (χ4v) is 3.37. The summed E-state index contributed by atoms with van der Waals surface area (Å²) >= 11 is 0. The van der Waals surface area contributed by atoms with E-state index in [2.05, 4.69) is 0 Å². The Morgan fingerprint density at radius 1 is 0.767 bits per heavy atom. The lowest BCUT2D eigenvalue weighted by molar-refractivity contribution is -0.118. The molecule has 0 unspecified atom stereocenters. The van der Waals surface area contributed by atoms with Gasteiger partial charge in [0.1, 0.15) is 0 Å².